The normalized spacial score (nSPS) is 12.7. The van der Waals surface area contributed by atoms with Crippen LogP contribution in [-0.4, -0.2) is 10.4 Å². The molecule has 1 unspecified atom stereocenters. The quantitative estimate of drug-likeness (QED) is 0.493. The van der Waals surface area contributed by atoms with E-state index in [1.807, 2.05) is 26.0 Å². The second kappa shape index (κ2) is 8.02. The number of benzene rings is 2. The lowest BCUT2D eigenvalue weighted by Gasteiger charge is -2.07. The van der Waals surface area contributed by atoms with E-state index in [4.69, 9.17) is 0 Å². The third-order valence-corrected chi connectivity index (χ3v) is 5.84. The number of hydrogen-bond donors (Lipinski definition) is 0. The Kier molecular flexibility index (Phi) is 6.32. The molecule has 0 heterocycles. The molecule has 0 saturated heterocycles. The Labute approximate surface area is 148 Å². The van der Waals surface area contributed by atoms with Crippen molar-refractivity contribution in [1.29, 1.82) is 0 Å². The standard InChI is InChI=1S/C18H20INOS/c1-13-11-14(2)18(15(3)12-13)22(21)20-10-6-8-16-7-4-5-9-17(16)19/h4-5,7,9-12H,6,8H2,1-3H3/b20-10+. The Balaban J connectivity index is 2.02. The van der Waals surface area contributed by atoms with Gasteiger partial charge in [0.25, 0.3) is 0 Å². The summed E-state index contributed by atoms with van der Waals surface area (Å²) in [6, 6.07) is 12.4. The minimum Gasteiger partial charge on any atom is -0.229 e. The van der Waals surface area contributed by atoms with E-state index >= 15 is 0 Å². The summed E-state index contributed by atoms with van der Waals surface area (Å²) in [5.74, 6) is 0. The van der Waals surface area contributed by atoms with Crippen LogP contribution >= 0.6 is 22.6 Å². The van der Waals surface area contributed by atoms with Gasteiger partial charge in [-0.05, 0) is 79.0 Å². The predicted molar refractivity (Wildman–Crippen MR) is 103 cm³/mol. The minimum atomic E-state index is -1.31. The van der Waals surface area contributed by atoms with Gasteiger partial charge in [-0.15, -0.1) is 0 Å². The Morgan fingerprint density at radius 1 is 1.14 bits per heavy atom. The lowest BCUT2D eigenvalue weighted by atomic mass is 10.1. The molecule has 0 N–H and O–H groups in total. The smallest absolute Gasteiger partial charge is 0.172 e. The first-order valence-electron chi connectivity index (χ1n) is 7.24. The summed E-state index contributed by atoms with van der Waals surface area (Å²) in [5.41, 5.74) is 4.59. The van der Waals surface area contributed by atoms with Crippen molar-refractivity contribution in [3.8, 4) is 0 Å². The highest BCUT2D eigenvalue weighted by molar-refractivity contribution is 14.1. The molecule has 0 spiro atoms. The Bertz CT molecular complexity index is 702. The second-order valence-corrected chi connectivity index (χ2v) is 7.67. The first kappa shape index (κ1) is 17.3. The molecule has 1 atom stereocenters. The first-order valence-corrected chi connectivity index (χ1v) is 9.43. The van der Waals surface area contributed by atoms with Crippen LogP contribution in [0.15, 0.2) is 45.7 Å². The Morgan fingerprint density at radius 3 is 2.41 bits per heavy atom. The zero-order valence-corrected chi connectivity index (χ0v) is 16.1. The van der Waals surface area contributed by atoms with Crippen LogP contribution in [0.4, 0.5) is 0 Å². The molecule has 4 heteroatoms. The average Bonchev–Trinajstić information content (AvgIpc) is 2.44. The molecule has 0 radical (unpaired) electrons. The van der Waals surface area contributed by atoms with Crippen molar-refractivity contribution in [1.82, 2.24) is 0 Å². The van der Waals surface area contributed by atoms with Crippen LogP contribution < -0.4 is 0 Å². The zero-order valence-electron chi connectivity index (χ0n) is 13.1. The van der Waals surface area contributed by atoms with E-state index in [1.165, 1.54) is 14.7 Å². The van der Waals surface area contributed by atoms with E-state index in [9.17, 15) is 4.21 Å². The fourth-order valence-electron chi connectivity index (χ4n) is 2.54. The van der Waals surface area contributed by atoms with Crippen molar-refractivity contribution in [3.05, 3.63) is 62.2 Å². The van der Waals surface area contributed by atoms with Gasteiger partial charge in [0.2, 0.25) is 0 Å². The highest BCUT2D eigenvalue weighted by atomic mass is 127. The van der Waals surface area contributed by atoms with Gasteiger partial charge in [-0.1, -0.05) is 35.9 Å². The molecule has 22 heavy (non-hydrogen) atoms. The Hall–Kier alpha value is -1.01. The fourth-order valence-corrected chi connectivity index (χ4v) is 4.21. The molecular weight excluding hydrogens is 405 g/mol. The van der Waals surface area contributed by atoms with Crippen molar-refractivity contribution in [2.45, 2.75) is 38.5 Å². The molecule has 0 fully saturated rings. The van der Waals surface area contributed by atoms with E-state index in [1.54, 1.807) is 6.21 Å². The van der Waals surface area contributed by atoms with Gasteiger partial charge in [-0.2, -0.15) is 4.40 Å². The summed E-state index contributed by atoms with van der Waals surface area (Å²) in [4.78, 5) is 0.844. The van der Waals surface area contributed by atoms with Crippen molar-refractivity contribution in [2.75, 3.05) is 0 Å². The second-order valence-electron chi connectivity index (χ2n) is 5.40. The summed E-state index contributed by atoms with van der Waals surface area (Å²) < 4.78 is 17.9. The summed E-state index contributed by atoms with van der Waals surface area (Å²) in [5, 5.41) is 0. The van der Waals surface area contributed by atoms with Crippen LogP contribution in [0.2, 0.25) is 0 Å². The third kappa shape index (κ3) is 4.49. The molecule has 0 bridgehead atoms. The zero-order chi connectivity index (χ0) is 16.1. The van der Waals surface area contributed by atoms with Crippen LogP contribution in [0.3, 0.4) is 0 Å². The maximum atomic E-state index is 12.4. The molecule has 116 valence electrons. The largest absolute Gasteiger partial charge is 0.229 e. The van der Waals surface area contributed by atoms with Gasteiger partial charge in [-0.3, -0.25) is 0 Å². The highest BCUT2D eigenvalue weighted by Crippen LogP contribution is 2.21. The van der Waals surface area contributed by atoms with E-state index in [0.29, 0.717) is 0 Å². The molecule has 0 aromatic heterocycles. The highest BCUT2D eigenvalue weighted by Gasteiger charge is 2.09. The van der Waals surface area contributed by atoms with Crippen molar-refractivity contribution in [3.63, 3.8) is 0 Å². The maximum Gasteiger partial charge on any atom is 0.172 e. The van der Waals surface area contributed by atoms with Crippen LogP contribution in [-0.2, 0) is 17.4 Å². The molecule has 0 saturated carbocycles. The van der Waals surface area contributed by atoms with Crippen LogP contribution in [0, 0.1) is 24.3 Å². The molecule has 0 aliphatic heterocycles. The molecule has 2 nitrogen and oxygen atoms in total. The van der Waals surface area contributed by atoms with Crippen LogP contribution in [0.25, 0.3) is 0 Å². The lowest BCUT2D eigenvalue weighted by molar-refractivity contribution is 0.683. The van der Waals surface area contributed by atoms with E-state index in [2.05, 4.69) is 58.2 Å². The van der Waals surface area contributed by atoms with Gasteiger partial charge in [0.05, 0.1) is 4.90 Å². The number of halogens is 1. The summed E-state index contributed by atoms with van der Waals surface area (Å²) in [7, 11) is -1.31. The van der Waals surface area contributed by atoms with Gasteiger partial charge in [0.1, 0.15) is 0 Å². The molecular formula is C18H20INOS. The van der Waals surface area contributed by atoms with Gasteiger partial charge < -0.3 is 0 Å². The molecule has 0 aliphatic carbocycles. The lowest BCUT2D eigenvalue weighted by Crippen LogP contribution is -1.97. The fraction of sp³-hybridized carbons (Fsp3) is 0.278. The van der Waals surface area contributed by atoms with E-state index < -0.39 is 11.0 Å². The minimum absolute atomic E-state index is 0.801. The first-order chi connectivity index (χ1) is 10.5. The maximum absolute atomic E-state index is 12.4. The van der Waals surface area contributed by atoms with Gasteiger partial charge >= 0.3 is 0 Å². The van der Waals surface area contributed by atoms with Gasteiger partial charge in [0, 0.05) is 9.78 Å². The van der Waals surface area contributed by atoms with Crippen molar-refractivity contribution >= 4 is 39.8 Å². The average molecular weight is 425 g/mol. The summed E-state index contributed by atoms with van der Waals surface area (Å²) in [6.07, 6.45) is 3.51. The monoisotopic (exact) mass is 425 g/mol. The summed E-state index contributed by atoms with van der Waals surface area (Å²) >= 11 is 2.34. The van der Waals surface area contributed by atoms with E-state index in [-0.39, 0.29) is 0 Å². The summed E-state index contributed by atoms with van der Waals surface area (Å²) in [6.45, 7) is 6.04. The molecule has 0 aliphatic rings. The number of hydrogen-bond acceptors (Lipinski definition) is 1. The number of rotatable bonds is 5. The molecule has 2 aromatic rings. The molecule has 2 rings (SSSR count). The van der Waals surface area contributed by atoms with Crippen molar-refractivity contribution < 1.29 is 4.21 Å². The van der Waals surface area contributed by atoms with Gasteiger partial charge in [-0.25, -0.2) is 4.21 Å². The number of aryl methyl sites for hydroxylation is 4. The Morgan fingerprint density at radius 2 is 1.77 bits per heavy atom. The van der Waals surface area contributed by atoms with Crippen LogP contribution in [0.5, 0.6) is 0 Å². The predicted octanol–water partition coefficient (Wildman–Crippen LogP) is 4.94. The molecule has 2 aromatic carbocycles. The molecule has 0 amide bonds. The topological polar surface area (TPSA) is 29.4 Å². The SMILES string of the molecule is Cc1cc(C)c(S(=O)/N=C/CCc2ccccc2I)c(C)c1. The van der Waals surface area contributed by atoms with E-state index in [0.717, 1.165) is 28.9 Å². The van der Waals surface area contributed by atoms with Gasteiger partial charge in [0.15, 0.2) is 11.0 Å². The third-order valence-electron chi connectivity index (χ3n) is 3.45. The van der Waals surface area contributed by atoms with Crippen LogP contribution in [0.1, 0.15) is 28.7 Å². The number of nitrogens with zero attached hydrogens (tertiary/aromatic N) is 1. The van der Waals surface area contributed by atoms with Crippen molar-refractivity contribution in [2.24, 2.45) is 4.40 Å².